The highest BCUT2D eigenvalue weighted by Crippen LogP contribution is 2.16. The lowest BCUT2D eigenvalue weighted by Crippen LogP contribution is -2.44. The van der Waals surface area contributed by atoms with Crippen LogP contribution in [0.4, 0.5) is 5.69 Å². The fourth-order valence-corrected chi connectivity index (χ4v) is 1.70. The Kier molecular flexibility index (Phi) is 3.01. The second-order valence-electron chi connectivity index (χ2n) is 3.46. The Morgan fingerprint density at radius 2 is 2.14 bits per heavy atom. The molecule has 1 saturated heterocycles. The van der Waals surface area contributed by atoms with Crippen molar-refractivity contribution in [2.75, 3.05) is 31.2 Å². The molecule has 2 rings (SSSR count). The summed E-state index contributed by atoms with van der Waals surface area (Å²) in [5, 5.41) is 9.00. The van der Waals surface area contributed by atoms with E-state index in [1.54, 1.807) is 0 Å². The van der Waals surface area contributed by atoms with E-state index in [4.69, 9.17) is 9.84 Å². The number of hydrogen-bond donors (Lipinski definition) is 1. The molecule has 14 heavy (non-hydrogen) atoms. The first kappa shape index (κ1) is 9.49. The van der Waals surface area contributed by atoms with Crippen LogP contribution in [0.3, 0.4) is 0 Å². The van der Waals surface area contributed by atoms with Crippen LogP contribution in [0.1, 0.15) is 0 Å². The molecule has 1 aromatic carbocycles. The molecule has 3 heteroatoms. The molecule has 0 spiro atoms. The van der Waals surface area contributed by atoms with E-state index in [-0.39, 0.29) is 12.7 Å². The molecule has 1 heterocycles. The second-order valence-corrected chi connectivity index (χ2v) is 3.46. The number of benzene rings is 1. The van der Waals surface area contributed by atoms with Crippen molar-refractivity contribution >= 4 is 5.69 Å². The van der Waals surface area contributed by atoms with E-state index in [0.29, 0.717) is 6.61 Å². The zero-order valence-corrected chi connectivity index (χ0v) is 8.10. The number of ether oxygens (including phenoxy) is 1. The van der Waals surface area contributed by atoms with Crippen molar-refractivity contribution in [3.05, 3.63) is 30.3 Å². The number of anilines is 1. The van der Waals surface area contributed by atoms with Crippen molar-refractivity contribution in [1.29, 1.82) is 0 Å². The summed E-state index contributed by atoms with van der Waals surface area (Å²) < 4.78 is 5.39. The third kappa shape index (κ3) is 2.05. The lowest BCUT2D eigenvalue weighted by Gasteiger charge is -2.33. The predicted molar refractivity (Wildman–Crippen MR) is 55.5 cm³/mol. The zero-order valence-electron chi connectivity index (χ0n) is 8.10. The fourth-order valence-electron chi connectivity index (χ4n) is 1.70. The summed E-state index contributed by atoms with van der Waals surface area (Å²) in [4.78, 5) is 2.24. The summed E-state index contributed by atoms with van der Waals surface area (Å²) in [5.41, 5.74) is 1.20. The van der Waals surface area contributed by atoms with Gasteiger partial charge < -0.3 is 14.7 Å². The van der Waals surface area contributed by atoms with Crippen LogP contribution in [0.25, 0.3) is 0 Å². The average Bonchev–Trinajstić information content (AvgIpc) is 2.30. The minimum Gasteiger partial charge on any atom is -0.394 e. The van der Waals surface area contributed by atoms with Crippen LogP contribution in [0.2, 0.25) is 0 Å². The largest absolute Gasteiger partial charge is 0.394 e. The Morgan fingerprint density at radius 1 is 1.36 bits per heavy atom. The fraction of sp³-hybridized carbons (Fsp3) is 0.455. The van der Waals surface area contributed by atoms with E-state index >= 15 is 0 Å². The third-order valence-corrected chi connectivity index (χ3v) is 2.46. The van der Waals surface area contributed by atoms with Gasteiger partial charge in [0.1, 0.15) is 0 Å². The molecule has 3 nitrogen and oxygen atoms in total. The SMILES string of the molecule is OC[C@@H]1CN(c2ccccc2)CCO1. The van der Waals surface area contributed by atoms with Gasteiger partial charge in [-0.1, -0.05) is 18.2 Å². The van der Waals surface area contributed by atoms with Crippen LogP contribution in [0.15, 0.2) is 30.3 Å². The topological polar surface area (TPSA) is 32.7 Å². The van der Waals surface area contributed by atoms with Crippen LogP contribution in [-0.2, 0) is 4.74 Å². The Balaban J connectivity index is 2.04. The number of morpholine rings is 1. The van der Waals surface area contributed by atoms with Crippen LogP contribution < -0.4 is 4.90 Å². The third-order valence-electron chi connectivity index (χ3n) is 2.46. The lowest BCUT2D eigenvalue weighted by molar-refractivity contribution is 0.00357. The smallest absolute Gasteiger partial charge is 0.0980 e. The van der Waals surface area contributed by atoms with E-state index in [9.17, 15) is 0 Å². The molecule has 0 amide bonds. The van der Waals surface area contributed by atoms with Gasteiger partial charge in [-0.05, 0) is 12.1 Å². The first-order valence-electron chi connectivity index (χ1n) is 4.92. The highest BCUT2D eigenvalue weighted by Gasteiger charge is 2.19. The summed E-state index contributed by atoms with van der Waals surface area (Å²) in [6.07, 6.45) is -0.0380. The van der Waals surface area contributed by atoms with Crippen LogP contribution in [0, 0.1) is 0 Å². The first-order chi connectivity index (χ1) is 6.90. The van der Waals surface area contributed by atoms with Crippen molar-refractivity contribution < 1.29 is 9.84 Å². The van der Waals surface area contributed by atoms with Crippen LogP contribution >= 0.6 is 0 Å². The van der Waals surface area contributed by atoms with Crippen molar-refractivity contribution in [3.63, 3.8) is 0 Å². The van der Waals surface area contributed by atoms with Gasteiger partial charge in [-0.15, -0.1) is 0 Å². The summed E-state index contributed by atoms with van der Waals surface area (Å²) in [5.74, 6) is 0. The molecule has 1 aliphatic heterocycles. The van der Waals surface area contributed by atoms with Gasteiger partial charge in [-0.2, -0.15) is 0 Å². The number of hydrogen-bond acceptors (Lipinski definition) is 3. The molecule has 1 N–H and O–H groups in total. The average molecular weight is 193 g/mol. The number of nitrogens with zero attached hydrogens (tertiary/aromatic N) is 1. The number of para-hydroxylation sites is 1. The molecular formula is C11H15NO2. The maximum atomic E-state index is 9.00. The van der Waals surface area contributed by atoms with Gasteiger partial charge in [0, 0.05) is 18.8 Å². The van der Waals surface area contributed by atoms with Gasteiger partial charge in [0.15, 0.2) is 0 Å². The van der Waals surface area contributed by atoms with Gasteiger partial charge in [0.05, 0.1) is 19.3 Å². The van der Waals surface area contributed by atoms with Crippen molar-refractivity contribution in [2.24, 2.45) is 0 Å². The maximum absolute atomic E-state index is 9.00. The Hall–Kier alpha value is -1.06. The Bertz CT molecular complexity index is 276. The molecule has 0 unspecified atom stereocenters. The van der Waals surface area contributed by atoms with Crippen LogP contribution in [-0.4, -0.2) is 37.5 Å². The van der Waals surface area contributed by atoms with E-state index < -0.39 is 0 Å². The first-order valence-corrected chi connectivity index (χ1v) is 4.92. The molecule has 1 atom stereocenters. The minimum atomic E-state index is -0.0380. The van der Waals surface area contributed by atoms with E-state index in [0.717, 1.165) is 13.1 Å². The van der Waals surface area contributed by atoms with Gasteiger partial charge in [-0.25, -0.2) is 0 Å². The number of aliphatic hydroxyl groups is 1. The molecule has 1 aromatic rings. The van der Waals surface area contributed by atoms with Crippen LogP contribution in [0.5, 0.6) is 0 Å². The summed E-state index contributed by atoms with van der Waals surface area (Å²) >= 11 is 0. The molecule has 0 aromatic heterocycles. The van der Waals surface area contributed by atoms with E-state index in [1.807, 2.05) is 18.2 Å². The minimum absolute atomic E-state index is 0.0380. The van der Waals surface area contributed by atoms with Crippen molar-refractivity contribution in [1.82, 2.24) is 0 Å². The quantitative estimate of drug-likeness (QED) is 0.757. The normalized spacial score (nSPS) is 22.4. The molecule has 0 radical (unpaired) electrons. The molecular weight excluding hydrogens is 178 g/mol. The molecule has 0 bridgehead atoms. The van der Waals surface area contributed by atoms with Gasteiger partial charge in [0.25, 0.3) is 0 Å². The monoisotopic (exact) mass is 193 g/mol. The molecule has 1 aliphatic rings. The van der Waals surface area contributed by atoms with Crippen molar-refractivity contribution in [3.8, 4) is 0 Å². The van der Waals surface area contributed by atoms with E-state index in [2.05, 4.69) is 17.0 Å². The highest BCUT2D eigenvalue weighted by atomic mass is 16.5. The zero-order chi connectivity index (χ0) is 9.80. The standard InChI is InChI=1S/C11H15NO2/c13-9-11-8-12(6-7-14-11)10-4-2-1-3-5-10/h1-5,11,13H,6-9H2/t11-/m0/s1. The number of rotatable bonds is 2. The predicted octanol–water partition coefficient (Wildman–Crippen LogP) is 0.884. The van der Waals surface area contributed by atoms with Gasteiger partial charge in [0.2, 0.25) is 0 Å². The van der Waals surface area contributed by atoms with E-state index in [1.165, 1.54) is 5.69 Å². The molecule has 1 fully saturated rings. The Morgan fingerprint density at radius 3 is 2.86 bits per heavy atom. The van der Waals surface area contributed by atoms with Gasteiger partial charge >= 0.3 is 0 Å². The Labute approximate surface area is 83.9 Å². The highest BCUT2D eigenvalue weighted by molar-refractivity contribution is 5.46. The van der Waals surface area contributed by atoms with Gasteiger partial charge in [-0.3, -0.25) is 0 Å². The molecule has 76 valence electrons. The van der Waals surface area contributed by atoms with Crippen molar-refractivity contribution in [2.45, 2.75) is 6.10 Å². The molecule has 0 saturated carbocycles. The maximum Gasteiger partial charge on any atom is 0.0980 e. The summed E-state index contributed by atoms with van der Waals surface area (Å²) in [7, 11) is 0. The summed E-state index contributed by atoms with van der Waals surface area (Å²) in [6, 6.07) is 10.2. The number of aliphatic hydroxyl groups excluding tert-OH is 1. The second kappa shape index (κ2) is 4.44. The molecule has 0 aliphatic carbocycles. The summed E-state index contributed by atoms with van der Waals surface area (Å²) in [6.45, 7) is 2.48. The lowest BCUT2D eigenvalue weighted by atomic mass is 10.2.